The highest BCUT2D eigenvalue weighted by atomic mass is 32.2. The molecule has 0 radical (unpaired) electrons. The Hall–Kier alpha value is -2.36. The predicted octanol–water partition coefficient (Wildman–Crippen LogP) is 3.63. The van der Waals surface area contributed by atoms with E-state index in [0.29, 0.717) is 17.1 Å². The number of rotatable bonds is 9. The highest BCUT2D eigenvalue weighted by Gasteiger charge is 2.28. The molecule has 0 saturated heterocycles. The summed E-state index contributed by atoms with van der Waals surface area (Å²) in [5.41, 5.74) is 0.705. The smallest absolute Gasteiger partial charge is 0.243 e. The summed E-state index contributed by atoms with van der Waals surface area (Å²) < 4.78 is 61.6. The maximum absolute atomic E-state index is 13.0. The third kappa shape index (κ3) is 4.85. The van der Waals surface area contributed by atoms with Crippen molar-refractivity contribution in [1.82, 2.24) is 4.31 Å². The predicted molar refractivity (Wildman–Crippen MR) is 116 cm³/mol. The molecule has 7 nitrogen and oxygen atoms in total. The zero-order valence-corrected chi connectivity index (χ0v) is 18.7. The summed E-state index contributed by atoms with van der Waals surface area (Å²) in [6.07, 6.45) is 0. The van der Waals surface area contributed by atoms with Crippen LogP contribution in [-0.2, 0) is 19.9 Å². The molecule has 2 aromatic carbocycles. The van der Waals surface area contributed by atoms with E-state index in [0.717, 1.165) is 5.39 Å². The van der Waals surface area contributed by atoms with Gasteiger partial charge in [-0.25, -0.2) is 16.8 Å². The minimum atomic E-state index is -3.77. The van der Waals surface area contributed by atoms with Crippen LogP contribution in [0.25, 0.3) is 11.0 Å². The van der Waals surface area contributed by atoms with Crippen LogP contribution in [0.15, 0.2) is 63.9 Å². The summed E-state index contributed by atoms with van der Waals surface area (Å²) >= 11 is 0. The van der Waals surface area contributed by atoms with Crippen molar-refractivity contribution in [3.8, 4) is 5.75 Å². The van der Waals surface area contributed by atoms with Gasteiger partial charge in [-0.1, -0.05) is 25.1 Å². The maximum Gasteiger partial charge on any atom is 0.243 e. The number of benzene rings is 2. The first-order valence-electron chi connectivity index (χ1n) is 9.54. The van der Waals surface area contributed by atoms with Gasteiger partial charge in [-0.15, -0.1) is 0 Å². The van der Waals surface area contributed by atoms with Crippen molar-refractivity contribution >= 4 is 30.8 Å². The molecule has 9 heteroatoms. The Bertz CT molecular complexity index is 1180. The lowest BCUT2D eigenvalue weighted by Crippen LogP contribution is -2.29. The fourth-order valence-electron chi connectivity index (χ4n) is 2.90. The molecule has 0 amide bonds. The summed E-state index contributed by atoms with van der Waals surface area (Å²) in [5.74, 6) is 0.942. The van der Waals surface area contributed by atoms with E-state index < -0.39 is 25.9 Å². The van der Waals surface area contributed by atoms with Crippen molar-refractivity contribution in [1.29, 1.82) is 0 Å². The monoisotopic (exact) mass is 451 g/mol. The number of ether oxygens (including phenoxy) is 1. The van der Waals surface area contributed by atoms with Gasteiger partial charge >= 0.3 is 0 Å². The van der Waals surface area contributed by atoms with Crippen LogP contribution in [0.1, 0.15) is 25.6 Å². The minimum Gasteiger partial charge on any atom is -0.493 e. The second-order valence-electron chi connectivity index (χ2n) is 6.94. The van der Waals surface area contributed by atoms with E-state index in [9.17, 15) is 16.8 Å². The third-order valence-corrected chi connectivity index (χ3v) is 8.62. The van der Waals surface area contributed by atoms with Crippen molar-refractivity contribution in [2.45, 2.75) is 24.8 Å². The van der Waals surface area contributed by atoms with Crippen molar-refractivity contribution in [3.63, 3.8) is 0 Å². The number of fused-ring (bicyclic) bond motifs is 1. The first kappa shape index (κ1) is 22.3. The first-order chi connectivity index (χ1) is 14.1. The maximum atomic E-state index is 13.0. The van der Waals surface area contributed by atoms with Crippen molar-refractivity contribution < 1.29 is 26.0 Å². The molecule has 1 atom stereocenters. The van der Waals surface area contributed by atoms with Gasteiger partial charge in [0.15, 0.2) is 9.84 Å². The lowest BCUT2D eigenvalue weighted by atomic mass is 10.2. The Morgan fingerprint density at radius 2 is 1.70 bits per heavy atom. The molecule has 162 valence electrons. The molecular weight excluding hydrogens is 426 g/mol. The van der Waals surface area contributed by atoms with Gasteiger partial charge in [0.1, 0.15) is 23.7 Å². The Labute approximate surface area is 177 Å². The summed E-state index contributed by atoms with van der Waals surface area (Å²) in [4.78, 5) is 0.112. The average molecular weight is 452 g/mol. The Balaban J connectivity index is 1.72. The molecule has 1 unspecified atom stereocenters. The Morgan fingerprint density at radius 3 is 2.33 bits per heavy atom. The van der Waals surface area contributed by atoms with E-state index in [2.05, 4.69) is 0 Å². The van der Waals surface area contributed by atoms with E-state index in [4.69, 9.17) is 9.15 Å². The van der Waals surface area contributed by atoms with Gasteiger partial charge in [0.05, 0.1) is 16.7 Å². The molecule has 1 heterocycles. The average Bonchev–Trinajstić information content (AvgIpc) is 3.17. The topological polar surface area (TPSA) is 93.9 Å². The van der Waals surface area contributed by atoms with Gasteiger partial charge in [-0.3, -0.25) is 0 Å². The van der Waals surface area contributed by atoms with E-state index in [1.165, 1.54) is 35.6 Å². The first-order valence-corrected chi connectivity index (χ1v) is 12.8. The summed E-state index contributed by atoms with van der Waals surface area (Å²) in [6.45, 7) is 3.37. The number of nitrogens with zero attached hydrogens (tertiary/aromatic N) is 1. The Kier molecular flexibility index (Phi) is 6.54. The van der Waals surface area contributed by atoms with Crippen LogP contribution in [0.2, 0.25) is 0 Å². The number of furan rings is 1. The van der Waals surface area contributed by atoms with Gasteiger partial charge in [0.2, 0.25) is 10.0 Å². The molecule has 0 spiro atoms. The molecule has 0 fully saturated rings. The SMILES string of the molecule is CCS(=O)(=O)CCOc1ccc(S(=O)(=O)N(C)C(C)c2cc3ccccc3o2)cc1. The molecule has 3 aromatic rings. The molecule has 0 aliphatic heterocycles. The number of para-hydroxylation sites is 1. The zero-order valence-electron chi connectivity index (χ0n) is 17.1. The molecule has 0 aliphatic carbocycles. The summed E-state index contributed by atoms with van der Waals surface area (Å²) in [6, 6.07) is 14.8. The molecule has 30 heavy (non-hydrogen) atoms. The van der Waals surface area contributed by atoms with Crippen LogP contribution in [0.4, 0.5) is 0 Å². The second-order valence-corrected chi connectivity index (χ2v) is 11.4. The van der Waals surface area contributed by atoms with E-state index in [1.807, 2.05) is 30.3 Å². The van der Waals surface area contributed by atoms with E-state index >= 15 is 0 Å². The fourth-order valence-corrected chi connectivity index (χ4v) is 4.86. The number of sulfonamides is 1. The fraction of sp³-hybridized carbons (Fsp3) is 0.333. The van der Waals surface area contributed by atoms with Gasteiger partial charge in [0.25, 0.3) is 0 Å². The standard InChI is InChI=1S/C21H25NO6S2/c1-4-29(23,24)14-13-27-18-9-11-19(12-10-18)30(25,26)22(3)16(2)21-15-17-7-5-6-8-20(17)28-21/h5-12,15-16H,4,13-14H2,1-3H3. The van der Waals surface area contributed by atoms with Crippen LogP contribution >= 0.6 is 0 Å². The van der Waals surface area contributed by atoms with Crippen LogP contribution in [0, 0.1) is 0 Å². The van der Waals surface area contributed by atoms with Crippen LogP contribution in [-0.4, -0.2) is 46.3 Å². The van der Waals surface area contributed by atoms with Gasteiger partial charge < -0.3 is 9.15 Å². The number of hydrogen-bond donors (Lipinski definition) is 0. The lowest BCUT2D eigenvalue weighted by Gasteiger charge is -2.22. The number of hydrogen-bond acceptors (Lipinski definition) is 6. The Morgan fingerprint density at radius 1 is 1.03 bits per heavy atom. The molecule has 0 saturated carbocycles. The molecular formula is C21H25NO6S2. The van der Waals surface area contributed by atoms with Crippen molar-refractivity contribution in [3.05, 3.63) is 60.4 Å². The van der Waals surface area contributed by atoms with Gasteiger partial charge in [-0.05, 0) is 43.3 Å². The zero-order chi connectivity index (χ0) is 21.9. The van der Waals surface area contributed by atoms with Gasteiger partial charge in [-0.2, -0.15) is 4.31 Å². The molecule has 0 aliphatic rings. The van der Waals surface area contributed by atoms with E-state index in [1.54, 1.807) is 13.8 Å². The van der Waals surface area contributed by atoms with Crippen molar-refractivity contribution in [2.24, 2.45) is 0 Å². The quantitative estimate of drug-likeness (QED) is 0.493. The van der Waals surface area contributed by atoms with Crippen LogP contribution < -0.4 is 4.74 Å². The highest BCUT2D eigenvalue weighted by Crippen LogP contribution is 2.30. The largest absolute Gasteiger partial charge is 0.493 e. The molecule has 0 N–H and O–H groups in total. The molecule has 3 rings (SSSR count). The minimum absolute atomic E-state index is 0.0191. The molecule has 0 bridgehead atoms. The number of sulfone groups is 1. The normalized spacial score (nSPS) is 13.6. The van der Waals surface area contributed by atoms with Crippen LogP contribution in [0.3, 0.4) is 0 Å². The summed E-state index contributed by atoms with van der Waals surface area (Å²) in [5, 5.41) is 0.914. The van der Waals surface area contributed by atoms with E-state index in [-0.39, 0.29) is 23.0 Å². The summed E-state index contributed by atoms with van der Waals surface area (Å²) in [7, 11) is -5.37. The van der Waals surface area contributed by atoms with Crippen LogP contribution in [0.5, 0.6) is 5.75 Å². The lowest BCUT2D eigenvalue weighted by molar-refractivity contribution is 0.340. The van der Waals surface area contributed by atoms with Crippen molar-refractivity contribution in [2.75, 3.05) is 25.2 Å². The second kappa shape index (κ2) is 8.79. The van der Waals surface area contributed by atoms with Gasteiger partial charge in [0, 0.05) is 18.2 Å². The third-order valence-electron chi connectivity index (χ3n) is 5.01. The molecule has 1 aromatic heterocycles. The highest BCUT2D eigenvalue weighted by molar-refractivity contribution is 7.91.